The molecule has 0 aromatic rings. The van der Waals surface area contributed by atoms with Gasteiger partial charge in [0.15, 0.2) is 0 Å². The molecule has 0 aliphatic rings. The zero-order chi connectivity index (χ0) is 7.11. The van der Waals surface area contributed by atoms with Crippen molar-refractivity contribution in [2.24, 2.45) is 0 Å². The third-order valence-electron chi connectivity index (χ3n) is 1.63. The summed E-state index contributed by atoms with van der Waals surface area (Å²) in [6, 6.07) is 0. The maximum atomic E-state index is 2.31. The summed E-state index contributed by atoms with van der Waals surface area (Å²) in [5, 5.41) is 0. The third kappa shape index (κ3) is 5.73. The second kappa shape index (κ2) is 7.41. The second-order valence-electron chi connectivity index (χ2n) is 2.41. The minimum atomic E-state index is 1.06. The molecule has 0 N–H and O–H groups in total. The van der Waals surface area contributed by atoms with Gasteiger partial charge < -0.3 is 0 Å². The van der Waals surface area contributed by atoms with Crippen LogP contribution in [0.1, 0.15) is 39.5 Å². The number of hydrogen-bond acceptors (Lipinski definition) is 0. The van der Waals surface area contributed by atoms with Crippen molar-refractivity contribution in [1.82, 2.24) is 0 Å². The summed E-state index contributed by atoms with van der Waals surface area (Å²) < 4.78 is 0. The average molecular weight is 176 g/mol. The van der Waals surface area contributed by atoms with E-state index in [-0.39, 0.29) is 0 Å². The van der Waals surface area contributed by atoms with Gasteiger partial charge in [0, 0.05) is 0 Å². The molecule has 0 spiro atoms. The van der Waals surface area contributed by atoms with Gasteiger partial charge in [-0.3, -0.25) is 0 Å². The van der Waals surface area contributed by atoms with Crippen LogP contribution in [0.5, 0.6) is 0 Å². The fourth-order valence-electron chi connectivity index (χ4n) is 0.856. The number of unbranched alkanes of at least 4 members (excludes halogenated alkanes) is 1. The maximum absolute atomic E-state index is 2.31. The molecule has 2 heteroatoms. The van der Waals surface area contributed by atoms with E-state index in [0.29, 0.717) is 0 Å². The number of rotatable bonds is 5. The van der Waals surface area contributed by atoms with Crippen molar-refractivity contribution >= 4 is 5.93 Å². The molecule has 2 unspecified atom stereocenters. The van der Waals surface area contributed by atoms with E-state index in [4.69, 9.17) is 0 Å². The van der Waals surface area contributed by atoms with Crippen molar-refractivity contribution in [3.05, 3.63) is 0 Å². The van der Waals surface area contributed by atoms with Crippen molar-refractivity contribution < 1.29 is 23.8 Å². The molecule has 0 radical (unpaired) electrons. The molecule has 0 saturated carbocycles. The van der Waals surface area contributed by atoms with Gasteiger partial charge >= 0.3 is 74.9 Å². The SMILES string of the molecule is CCCCC(CC)[PH][Sc]. The van der Waals surface area contributed by atoms with Crippen molar-refractivity contribution in [1.29, 1.82) is 0 Å². The molecule has 9 heavy (non-hydrogen) atoms. The van der Waals surface area contributed by atoms with Crippen LogP contribution in [0.3, 0.4) is 0 Å². The molecule has 52 valence electrons. The molecule has 0 saturated heterocycles. The van der Waals surface area contributed by atoms with Crippen LogP contribution in [0, 0.1) is 0 Å². The van der Waals surface area contributed by atoms with E-state index >= 15 is 0 Å². The fourth-order valence-corrected chi connectivity index (χ4v) is 3.35. The Kier molecular flexibility index (Phi) is 8.48. The molecule has 0 aliphatic carbocycles. The Morgan fingerprint density at radius 3 is 2.44 bits per heavy atom. The van der Waals surface area contributed by atoms with E-state index in [0.717, 1.165) is 5.66 Å². The van der Waals surface area contributed by atoms with Crippen LogP contribution < -0.4 is 0 Å². The average Bonchev–Trinajstić information content (AvgIpc) is 1.91. The Balaban J connectivity index is 3.09. The van der Waals surface area contributed by atoms with Crippen LogP contribution in [0.15, 0.2) is 0 Å². The van der Waals surface area contributed by atoms with Crippen LogP contribution in [-0.4, -0.2) is 5.66 Å². The number of hydrogen-bond donors (Lipinski definition) is 0. The summed E-state index contributed by atoms with van der Waals surface area (Å²) >= 11 is 1.92. The first kappa shape index (κ1) is 10.3. The zero-order valence-electron chi connectivity index (χ0n) is 6.48. The van der Waals surface area contributed by atoms with E-state index in [1.165, 1.54) is 31.6 Å². The Hall–Kier alpha value is 1.30. The molecular weight excluding hydrogens is 160 g/mol. The van der Waals surface area contributed by atoms with Crippen LogP contribution in [-0.2, 0) is 23.8 Å². The molecule has 0 aliphatic heterocycles. The van der Waals surface area contributed by atoms with Gasteiger partial charge in [-0.2, -0.15) is 0 Å². The summed E-state index contributed by atoms with van der Waals surface area (Å²) in [6.45, 7) is 4.59. The molecule has 2 atom stereocenters. The zero-order valence-corrected chi connectivity index (χ0v) is 9.29. The fraction of sp³-hybridized carbons (Fsp3) is 1.00. The molecule has 0 aromatic heterocycles. The van der Waals surface area contributed by atoms with Crippen molar-refractivity contribution in [2.45, 2.75) is 45.2 Å². The van der Waals surface area contributed by atoms with E-state index in [2.05, 4.69) is 13.8 Å². The summed E-state index contributed by atoms with van der Waals surface area (Å²) in [5.74, 6) is 1.22. The molecule has 0 aromatic carbocycles. The van der Waals surface area contributed by atoms with Gasteiger partial charge in [0.05, 0.1) is 0 Å². The van der Waals surface area contributed by atoms with Crippen LogP contribution in [0.25, 0.3) is 0 Å². The van der Waals surface area contributed by atoms with Gasteiger partial charge in [-0.05, 0) is 0 Å². The first-order valence-electron chi connectivity index (χ1n) is 3.81. The van der Waals surface area contributed by atoms with Crippen LogP contribution in [0.2, 0.25) is 0 Å². The van der Waals surface area contributed by atoms with Gasteiger partial charge in [-0.15, -0.1) is 0 Å². The molecule has 0 nitrogen and oxygen atoms in total. The predicted octanol–water partition coefficient (Wildman–Crippen LogP) is 3.10. The molecule has 0 bridgehead atoms. The van der Waals surface area contributed by atoms with Gasteiger partial charge in [-0.1, -0.05) is 0 Å². The molecule has 0 amide bonds. The van der Waals surface area contributed by atoms with Gasteiger partial charge in [0.25, 0.3) is 0 Å². The van der Waals surface area contributed by atoms with Crippen molar-refractivity contribution in [3.8, 4) is 0 Å². The van der Waals surface area contributed by atoms with Gasteiger partial charge in [0.1, 0.15) is 0 Å². The monoisotopic (exact) mass is 176 g/mol. The van der Waals surface area contributed by atoms with Crippen LogP contribution >= 0.6 is 5.93 Å². The molecule has 0 heterocycles. The quantitative estimate of drug-likeness (QED) is 0.564. The Morgan fingerprint density at radius 1 is 1.44 bits per heavy atom. The van der Waals surface area contributed by atoms with Gasteiger partial charge in [0.2, 0.25) is 0 Å². The third-order valence-corrected chi connectivity index (χ3v) is 5.01. The Morgan fingerprint density at radius 2 is 2.11 bits per heavy atom. The van der Waals surface area contributed by atoms with Crippen molar-refractivity contribution in [2.75, 3.05) is 0 Å². The van der Waals surface area contributed by atoms with E-state index in [9.17, 15) is 0 Å². The summed E-state index contributed by atoms with van der Waals surface area (Å²) in [7, 11) is 0. The van der Waals surface area contributed by atoms with Crippen LogP contribution in [0.4, 0.5) is 0 Å². The normalized spacial score (nSPS) is 14.8. The van der Waals surface area contributed by atoms with Gasteiger partial charge in [-0.25, -0.2) is 0 Å². The predicted molar refractivity (Wildman–Crippen MR) is 41.9 cm³/mol. The van der Waals surface area contributed by atoms with E-state index in [1.807, 2.05) is 23.8 Å². The van der Waals surface area contributed by atoms with E-state index in [1.54, 1.807) is 0 Å². The molecule has 0 rings (SSSR count). The first-order chi connectivity index (χ1) is 4.35. The standard InChI is InChI=1S/C7H16P.Sc/c1-3-5-6-7(8)4-2;/h7-8H,3-6H2,1-2H3;/q-1;+1. The molecular formula is C7H16PSc. The Labute approximate surface area is 74.8 Å². The topological polar surface area (TPSA) is 0 Å². The van der Waals surface area contributed by atoms with E-state index < -0.39 is 0 Å². The molecule has 0 fully saturated rings. The van der Waals surface area contributed by atoms with Crippen molar-refractivity contribution in [3.63, 3.8) is 0 Å². The summed E-state index contributed by atoms with van der Waals surface area (Å²) in [5.41, 5.74) is 1.06. The second-order valence-corrected chi connectivity index (χ2v) is 5.13. The summed E-state index contributed by atoms with van der Waals surface area (Å²) in [4.78, 5) is 0. The summed E-state index contributed by atoms with van der Waals surface area (Å²) in [6.07, 6.45) is 5.68. The Bertz CT molecular complexity index is 52.9. The first-order valence-corrected chi connectivity index (χ1v) is 7.67. The minimum absolute atomic E-state index is 1.06.